The van der Waals surface area contributed by atoms with Crippen LogP contribution in [0.4, 0.5) is 5.69 Å². The molecule has 0 aliphatic rings. The van der Waals surface area contributed by atoms with Crippen LogP contribution in [0.25, 0.3) is 0 Å². The Morgan fingerprint density at radius 3 is 2.27 bits per heavy atom. The Morgan fingerprint density at radius 2 is 1.73 bits per heavy atom. The third-order valence-corrected chi connectivity index (χ3v) is 7.87. The van der Waals surface area contributed by atoms with E-state index in [0.717, 1.165) is 22.5 Å². The molecule has 11 heteroatoms. The number of nitrogens with one attached hydrogen (secondary N) is 1. The number of methoxy groups -OCH3 is 1. The topological polar surface area (TPSA) is 96.0 Å². The summed E-state index contributed by atoms with van der Waals surface area (Å²) in [6.07, 6.45) is 2.07. The van der Waals surface area contributed by atoms with Gasteiger partial charge in [0.05, 0.1) is 29.1 Å². The number of hydrogen-bond acceptors (Lipinski definition) is 5. The second-order valence-electron chi connectivity index (χ2n) is 8.96. The lowest BCUT2D eigenvalue weighted by molar-refractivity contribution is -0.140. The molecule has 2 aromatic rings. The second-order valence-corrected chi connectivity index (χ2v) is 11.7. The van der Waals surface area contributed by atoms with Gasteiger partial charge in [-0.2, -0.15) is 0 Å². The highest BCUT2D eigenvalue weighted by molar-refractivity contribution is 7.92. The van der Waals surface area contributed by atoms with Crippen LogP contribution in [0.2, 0.25) is 10.0 Å². The lowest BCUT2D eigenvalue weighted by Crippen LogP contribution is -2.53. The average Bonchev–Trinajstić information content (AvgIpc) is 2.83. The van der Waals surface area contributed by atoms with Crippen LogP contribution < -0.4 is 14.4 Å². The molecule has 0 fully saturated rings. The fourth-order valence-corrected chi connectivity index (χ4v) is 4.95. The lowest BCUT2D eigenvalue weighted by atomic mass is 10.1. The number of anilines is 1. The normalized spacial score (nSPS) is 13.0. The number of benzene rings is 2. The van der Waals surface area contributed by atoms with E-state index in [0.29, 0.717) is 27.8 Å². The zero-order valence-corrected chi connectivity index (χ0v) is 24.4. The van der Waals surface area contributed by atoms with Gasteiger partial charge in [0, 0.05) is 12.6 Å². The van der Waals surface area contributed by atoms with Gasteiger partial charge in [-0.25, -0.2) is 8.42 Å². The molecular formula is C26H35Cl2N3O5S. The van der Waals surface area contributed by atoms with Crippen LogP contribution in [0.5, 0.6) is 5.75 Å². The molecule has 2 rings (SSSR count). The standard InChI is InChI=1S/C26H35Cl2N3O5S/c1-7-18(4)29-26(33)22(8-2)30(15-19-10-11-20(27)21(28)14-19)25(32)16-31(37(6,34)35)23-13-17(3)9-12-24(23)36-5/h9-14,18,22H,7-8,15-16H2,1-6H3,(H,29,33)/t18-,22+/m0/s1. The van der Waals surface area contributed by atoms with Crippen LogP contribution in [-0.2, 0) is 26.2 Å². The molecular weight excluding hydrogens is 537 g/mol. The first-order valence-electron chi connectivity index (χ1n) is 12.0. The monoisotopic (exact) mass is 571 g/mol. The van der Waals surface area contributed by atoms with Crippen molar-refractivity contribution in [2.24, 2.45) is 0 Å². The van der Waals surface area contributed by atoms with Crippen LogP contribution in [0.3, 0.4) is 0 Å². The Labute approximate surface area is 229 Å². The Bertz CT molecular complexity index is 1220. The molecule has 0 aromatic heterocycles. The van der Waals surface area contributed by atoms with E-state index in [1.807, 2.05) is 20.8 Å². The molecule has 1 N–H and O–H groups in total. The second kappa shape index (κ2) is 13.3. The van der Waals surface area contributed by atoms with Gasteiger partial charge in [-0.05, 0) is 62.1 Å². The molecule has 2 aromatic carbocycles. The summed E-state index contributed by atoms with van der Waals surface area (Å²) in [6.45, 7) is 6.95. The minimum atomic E-state index is -3.89. The van der Waals surface area contributed by atoms with Crippen molar-refractivity contribution in [3.05, 3.63) is 57.6 Å². The summed E-state index contributed by atoms with van der Waals surface area (Å²) in [5.41, 5.74) is 1.69. The molecule has 0 heterocycles. The number of carbonyl (C=O) groups excluding carboxylic acids is 2. The Hall–Kier alpha value is -2.49. The van der Waals surface area contributed by atoms with Crippen LogP contribution in [-0.4, -0.2) is 57.1 Å². The lowest BCUT2D eigenvalue weighted by Gasteiger charge is -2.33. The molecule has 8 nitrogen and oxygen atoms in total. The summed E-state index contributed by atoms with van der Waals surface area (Å²) in [5, 5.41) is 3.60. The number of amides is 2. The molecule has 0 unspecified atom stereocenters. The van der Waals surface area contributed by atoms with E-state index in [-0.39, 0.29) is 24.2 Å². The third-order valence-electron chi connectivity index (χ3n) is 6.01. The molecule has 0 saturated carbocycles. The molecule has 2 atom stereocenters. The van der Waals surface area contributed by atoms with E-state index in [1.165, 1.54) is 12.0 Å². The van der Waals surface area contributed by atoms with Crippen molar-refractivity contribution in [2.75, 3.05) is 24.2 Å². The van der Waals surface area contributed by atoms with E-state index in [9.17, 15) is 18.0 Å². The van der Waals surface area contributed by atoms with Crippen molar-refractivity contribution in [2.45, 2.75) is 59.2 Å². The van der Waals surface area contributed by atoms with Gasteiger partial charge in [0.25, 0.3) is 0 Å². The summed E-state index contributed by atoms with van der Waals surface area (Å²) in [7, 11) is -2.46. The molecule has 0 saturated heterocycles. The van der Waals surface area contributed by atoms with Crippen molar-refractivity contribution in [3.8, 4) is 5.75 Å². The van der Waals surface area contributed by atoms with E-state index in [4.69, 9.17) is 27.9 Å². The maximum atomic E-state index is 13.8. The fraction of sp³-hybridized carbons (Fsp3) is 0.462. The van der Waals surface area contributed by atoms with Crippen LogP contribution in [0, 0.1) is 6.92 Å². The third kappa shape index (κ3) is 8.25. The Balaban J connectivity index is 2.53. The van der Waals surface area contributed by atoms with Gasteiger partial charge >= 0.3 is 0 Å². The van der Waals surface area contributed by atoms with Crippen LogP contribution in [0.1, 0.15) is 44.7 Å². The first kappa shape index (κ1) is 30.7. The van der Waals surface area contributed by atoms with Gasteiger partial charge in [-0.1, -0.05) is 49.2 Å². The molecule has 37 heavy (non-hydrogen) atoms. The summed E-state index contributed by atoms with van der Waals surface area (Å²) in [6, 6.07) is 9.10. The van der Waals surface area contributed by atoms with Crippen molar-refractivity contribution in [1.82, 2.24) is 10.2 Å². The first-order chi connectivity index (χ1) is 17.3. The van der Waals surface area contributed by atoms with E-state index in [2.05, 4.69) is 5.32 Å². The largest absolute Gasteiger partial charge is 0.495 e. The SMILES string of the molecule is CC[C@H](C(=O)N[C@@H](C)CC)N(Cc1ccc(Cl)c(Cl)c1)C(=O)CN(c1cc(C)ccc1OC)S(C)(=O)=O. The quantitative estimate of drug-likeness (QED) is 0.394. The van der Waals surface area contributed by atoms with E-state index < -0.39 is 28.5 Å². The van der Waals surface area contributed by atoms with Crippen molar-refractivity contribution >= 4 is 50.7 Å². The van der Waals surface area contributed by atoms with E-state index >= 15 is 0 Å². The number of nitrogens with zero attached hydrogens (tertiary/aromatic N) is 2. The van der Waals surface area contributed by atoms with Crippen molar-refractivity contribution in [3.63, 3.8) is 0 Å². The maximum absolute atomic E-state index is 13.8. The van der Waals surface area contributed by atoms with Gasteiger partial charge in [0.2, 0.25) is 21.8 Å². The minimum absolute atomic E-state index is 0.0324. The maximum Gasteiger partial charge on any atom is 0.244 e. The number of hydrogen-bond donors (Lipinski definition) is 1. The molecule has 0 aliphatic carbocycles. The van der Waals surface area contributed by atoms with Gasteiger partial charge in [0.15, 0.2) is 0 Å². The van der Waals surface area contributed by atoms with Crippen LogP contribution >= 0.6 is 23.2 Å². The highest BCUT2D eigenvalue weighted by Gasteiger charge is 2.33. The highest BCUT2D eigenvalue weighted by atomic mass is 35.5. The number of aryl methyl sites for hydroxylation is 1. The summed E-state index contributed by atoms with van der Waals surface area (Å²) in [4.78, 5) is 28.4. The number of carbonyl (C=O) groups is 2. The van der Waals surface area contributed by atoms with Crippen LogP contribution in [0.15, 0.2) is 36.4 Å². The highest BCUT2D eigenvalue weighted by Crippen LogP contribution is 2.31. The number of sulfonamides is 1. The number of halogens is 2. The first-order valence-corrected chi connectivity index (χ1v) is 14.6. The minimum Gasteiger partial charge on any atom is -0.495 e. The average molecular weight is 573 g/mol. The smallest absolute Gasteiger partial charge is 0.244 e. The summed E-state index contributed by atoms with van der Waals surface area (Å²) < 4.78 is 32.1. The number of rotatable bonds is 12. The van der Waals surface area contributed by atoms with Gasteiger partial charge in [-0.15, -0.1) is 0 Å². The Morgan fingerprint density at radius 1 is 1.05 bits per heavy atom. The Kier molecular flexibility index (Phi) is 11.1. The fourth-order valence-electron chi connectivity index (χ4n) is 3.78. The molecule has 2 amide bonds. The predicted molar refractivity (Wildman–Crippen MR) is 149 cm³/mol. The van der Waals surface area contributed by atoms with Gasteiger partial charge in [-0.3, -0.25) is 13.9 Å². The van der Waals surface area contributed by atoms with E-state index in [1.54, 1.807) is 43.3 Å². The summed E-state index contributed by atoms with van der Waals surface area (Å²) in [5.74, 6) is -0.558. The zero-order chi connectivity index (χ0) is 27.9. The molecule has 0 bridgehead atoms. The molecule has 0 spiro atoms. The number of ether oxygens (including phenoxy) is 1. The molecule has 0 aliphatic heterocycles. The van der Waals surface area contributed by atoms with Crippen molar-refractivity contribution < 1.29 is 22.7 Å². The van der Waals surface area contributed by atoms with Crippen molar-refractivity contribution in [1.29, 1.82) is 0 Å². The molecule has 204 valence electrons. The van der Waals surface area contributed by atoms with Gasteiger partial charge in [0.1, 0.15) is 18.3 Å². The predicted octanol–water partition coefficient (Wildman–Crippen LogP) is 4.80. The zero-order valence-electron chi connectivity index (χ0n) is 22.0. The molecule has 0 radical (unpaired) electrons. The van der Waals surface area contributed by atoms with Gasteiger partial charge < -0.3 is 15.0 Å². The summed E-state index contributed by atoms with van der Waals surface area (Å²) >= 11 is 12.3.